The van der Waals surface area contributed by atoms with Crippen LogP contribution in [0.2, 0.25) is 0 Å². The fourth-order valence-corrected chi connectivity index (χ4v) is 1.81. The molecular weight excluding hydrogens is 146 g/mol. The van der Waals surface area contributed by atoms with Crippen molar-refractivity contribution in [2.75, 3.05) is 13.1 Å². The monoisotopic (exact) mass is 167 g/mol. The number of hydrogen-bond acceptors (Lipinski definition) is 1. The summed E-state index contributed by atoms with van der Waals surface area (Å²) in [5.74, 6) is 1.48. The fraction of sp³-hybridized carbons (Fsp3) is 0.818. The van der Waals surface area contributed by atoms with E-state index in [-0.39, 0.29) is 0 Å². The zero-order chi connectivity index (χ0) is 9.19. The highest BCUT2D eigenvalue weighted by Gasteiger charge is 2.29. The van der Waals surface area contributed by atoms with E-state index in [0.29, 0.717) is 11.3 Å². The third-order valence-electron chi connectivity index (χ3n) is 2.94. The topological polar surface area (TPSA) is 12.0 Å². The van der Waals surface area contributed by atoms with Crippen LogP contribution in [0.15, 0.2) is 12.7 Å². The average Bonchev–Trinajstić information content (AvgIpc) is 2.03. The molecule has 1 rings (SSSR count). The maximum absolute atomic E-state index is 3.86. The van der Waals surface area contributed by atoms with E-state index in [9.17, 15) is 0 Å². The summed E-state index contributed by atoms with van der Waals surface area (Å²) in [7, 11) is 0. The second-order valence-electron chi connectivity index (χ2n) is 4.95. The van der Waals surface area contributed by atoms with Gasteiger partial charge in [-0.05, 0) is 30.2 Å². The minimum atomic E-state index is 0.439. The molecule has 2 unspecified atom stereocenters. The van der Waals surface area contributed by atoms with E-state index in [0.717, 1.165) is 12.5 Å². The van der Waals surface area contributed by atoms with Gasteiger partial charge >= 0.3 is 0 Å². The largest absolute Gasteiger partial charge is 0.316 e. The molecule has 1 N–H and O–H groups in total. The van der Waals surface area contributed by atoms with Gasteiger partial charge in [-0.2, -0.15) is 0 Å². The molecule has 0 amide bonds. The lowest BCUT2D eigenvalue weighted by atomic mass is 9.74. The summed E-state index contributed by atoms with van der Waals surface area (Å²) in [6.45, 7) is 13.1. The van der Waals surface area contributed by atoms with Crippen molar-refractivity contribution in [2.45, 2.75) is 27.2 Å². The first-order chi connectivity index (χ1) is 5.54. The van der Waals surface area contributed by atoms with Crippen molar-refractivity contribution in [1.29, 1.82) is 0 Å². The van der Waals surface area contributed by atoms with Gasteiger partial charge in [-0.1, -0.05) is 26.8 Å². The summed E-state index contributed by atoms with van der Waals surface area (Å²) in [6, 6.07) is 0. The molecule has 1 aliphatic rings. The summed E-state index contributed by atoms with van der Waals surface area (Å²) in [5, 5.41) is 3.47. The Morgan fingerprint density at radius 3 is 2.50 bits per heavy atom. The van der Waals surface area contributed by atoms with E-state index >= 15 is 0 Å². The molecule has 1 heterocycles. The Bertz CT molecular complexity index is 155. The Hall–Kier alpha value is -0.300. The highest BCUT2D eigenvalue weighted by atomic mass is 14.9. The molecule has 1 aliphatic heterocycles. The van der Waals surface area contributed by atoms with Gasteiger partial charge in [-0.15, -0.1) is 6.58 Å². The second kappa shape index (κ2) is 3.61. The number of hydrogen-bond donors (Lipinski definition) is 1. The quantitative estimate of drug-likeness (QED) is 0.591. The van der Waals surface area contributed by atoms with Crippen LogP contribution in [0.3, 0.4) is 0 Å². The maximum Gasteiger partial charge on any atom is 0.00143 e. The van der Waals surface area contributed by atoms with Gasteiger partial charge in [0.25, 0.3) is 0 Å². The summed E-state index contributed by atoms with van der Waals surface area (Å²) in [6.07, 6.45) is 3.39. The molecule has 2 atom stereocenters. The predicted octanol–water partition coefficient (Wildman–Crippen LogP) is 2.44. The first-order valence-corrected chi connectivity index (χ1v) is 4.87. The summed E-state index contributed by atoms with van der Waals surface area (Å²) in [5.41, 5.74) is 0.439. The summed E-state index contributed by atoms with van der Waals surface area (Å²) >= 11 is 0. The Balaban J connectivity index is 2.51. The molecule has 0 radical (unpaired) electrons. The van der Waals surface area contributed by atoms with Gasteiger partial charge in [0.2, 0.25) is 0 Å². The molecule has 1 saturated heterocycles. The Kier molecular flexibility index (Phi) is 2.94. The number of nitrogens with one attached hydrogen (secondary N) is 1. The van der Waals surface area contributed by atoms with Crippen LogP contribution in [0.25, 0.3) is 0 Å². The fourth-order valence-electron chi connectivity index (χ4n) is 1.81. The summed E-state index contributed by atoms with van der Waals surface area (Å²) < 4.78 is 0. The number of piperidine rings is 1. The van der Waals surface area contributed by atoms with E-state index in [1.165, 1.54) is 13.0 Å². The standard InChI is InChI=1S/C11H21N/c1-5-9-6-10(8-12-7-9)11(2,3)4/h5,9-10,12H,1,6-8H2,2-4H3. The first kappa shape index (κ1) is 9.79. The van der Waals surface area contributed by atoms with Gasteiger partial charge in [0.1, 0.15) is 0 Å². The Morgan fingerprint density at radius 1 is 1.33 bits per heavy atom. The van der Waals surface area contributed by atoms with Crippen molar-refractivity contribution in [3.63, 3.8) is 0 Å². The van der Waals surface area contributed by atoms with E-state index in [2.05, 4.69) is 38.7 Å². The minimum Gasteiger partial charge on any atom is -0.316 e. The maximum atomic E-state index is 3.86. The van der Waals surface area contributed by atoms with Crippen LogP contribution in [-0.2, 0) is 0 Å². The zero-order valence-corrected chi connectivity index (χ0v) is 8.56. The third kappa shape index (κ3) is 2.34. The lowest BCUT2D eigenvalue weighted by Crippen LogP contribution is -2.41. The SMILES string of the molecule is C=CC1CNCC(C(C)(C)C)C1. The van der Waals surface area contributed by atoms with Crippen LogP contribution < -0.4 is 5.32 Å². The van der Waals surface area contributed by atoms with Gasteiger partial charge in [0, 0.05) is 6.54 Å². The van der Waals surface area contributed by atoms with Crippen LogP contribution in [0.1, 0.15) is 27.2 Å². The van der Waals surface area contributed by atoms with Crippen LogP contribution in [-0.4, -0.2) is 13.1 Å². The molecular formula is C11H21N. The Labute approximate surface area is 76.2 Å². The van der Waals surface area contributed by atoms with Gasteiger partial charge in [-0.25, -0.2) is 0 Å². The molecule has 0 aromatic carbocycles. The smallest absolute Gasteiger partial charge is 0.00143 e. The van der Waals surface area contributed by atoms with Gasteiger partial charge < -0.3 is 5.32 Å². The highest BCUT2D eigenvalue weighted by molar-refractivity contribution is 4.90. The van der Waals surface area contributed by atoms with Crippen LogP contribution >= 0.6 is 0 Å². The molecule has 0 aromatic rings. The molecule has 0 spiro atoms. The van der Waals surface area contributed by atoms with E-state index in [1.807, 2.05) is 0 Å². The summed E-state index contributed by atoms with van der Waals surface area (Å²) in [4.78, 5) is 0. The average molecular weight is 167 g/mol. The second-order valence-corrected chi connectivity index (χ2v) is 4.95. The van der Waals surface area contributed by atoms with Crippen molar-refractivity contribution in [1.82, 2.24) is 5.32 Å². The van der Waals surface area contributed by atoms with Gasteiger partial charge in [0.05, 0.1) is 0 Å². The van der Waals surface area contributed by atoms with E-state index < -0.39 is 0 Å². The molecule has 0 saturated carbocycles. The molecule has 1 fully saturated rings. The minimum absolute atomic E-state index is 0.439. The van der Waals surface area contributed by atoms with Crippen molar-refractivity contribution >= 4 is 0 Å². The van der Waals surface area contributed by atoms with Gasteiger partial charge in [0.15, 0.2) is 0 Å². The normalized spacial score (nSPS) is 31.6. The molecule has 1 nitrogen and oxygen atoms in total. The molecule has 0 aromatic heterocycles. The predicted molar refractivity (Wildman–Crippen MR) is 54.1 cm³/mol. The van der Waals surface area contributed by atoms with Crippen LogP contribution in [0.4, 0.5) is 0 Å². The van der Waals surface area contributed by atoms with E-state index in [1.54, 1.807) is 0 Å². The van der Waals surface area contributed by atoms with Crippen LogP contribution in [0, 0.1) is 17.3 Å². The van der Waals surface area contributed by atoms with Crippen LogP contribution in [0.5, 0.6) is 0 Å². The van der Waals surface area contributed by atoms with Crippen molar-refractivity contribution < 1.29 is 0 Å². The molecule has 1 heteroatoms. The molecule has 70 valence electrons. The Morgan fingerprint density at radius 2 is 2.00 bits per heavy atom. The molecule has 0 aliphatic carbocycles. The van der Waals surface area contributed by atoms with Crippen molar-refractivity contribution in [2.24, 2.45) is 17.3 Å². The third-order valence-corrected chi connectivity index (χ3v) is 2.94. The number of rotatable bonds is 1. The first-order valence-electron chi connectivity index (χ1n) is 4.87. The molecule has 0 bridgehead atoms. The zero-order valence-electron chi connectivity index (χ0n) is 8.56. The highest BCUT2D eigenvalue weighted by Crippen LogP contribution is 2.32. The van der Waals surface area contributed by atoms with E-state index in [4.69, 9.17) is 0 Å². The van der Waals surface area contributed by atoms with Crippen molar-refractivity contribution in [3.8, 4) is 0 Å². The van der Waals surface area contributed by atoms with Crippen molar-refractivity contribution in [3.05, 3.63) is 12.7 Å². The lowest BCUT2D eigenvalue weighted by Gasteiger charge is -2.37. The molecule has 12 heavy (non-hydrogen) atoms. The van der Waals surface area contributed by atoms with Gasteiger partial charge in [-0.3, -0.25) is 0 Å². The lowest BCUT2D eigenvalue weighted by molar-refractivity contribution is 0.172.